The molecule has 0 saturated carbocycles. The summed E-state index contributed by atoms with van der Waals surface area (Å²) in [5, 5.41) is 6.98. The second kappa shape index (κ2) is 11.0. The van der Waals surface area contributed by atoms with Crippen LogP contribution in [0, 0.1) is 0 Å². The molecule has 0 aliphatic carbocycles. The van der Waals surface area contributed by atoms with Crippen LogP contribution in [0.2, 0.25) is 0 Å². The van der Waals surface area contributed by atoms with Crippen molar-refractivity contribution in [2.24, 2.45) is 5.73 Å². The molecule has 14 heavy (non-hydrogen) atoms. The predicted molar refractivity (Wildman–Crippen MR) is 63.3 cm³/mol. The van der Waals surface area contributed by atoms with E-state index in [0.717, 1.165) is 26.1 Å². The van der Waals surface area contributed by atoms with E-state index in [0.29, 0.717) is 6.17 Å². The molecular formula is C11H27N3. The van der Waals surface area contributed by atoms with Crippen LogP contribution in [0.5, 0.6) is 0 Å². The Morgan fingerprint density at radius 3 is 1.86 bits per heavy atom. The van der Waals surface area contributed by atoms with E-state index in [2.05, 4.69) is 24.5 Å². The molecule has 0 atom stereocenters. The molecule has 0 radical (unpaired) electrons. The number of nitrogens with one attached hydrogen (secondary N) is 2. The SMILES string of the molecule is CCCCNC(CCN)NCCCC. The largest absolute Gasteiger partial charge is 0.330 e. The van der Waals surface area contributed by atoms with Crippen molar-refractivity contribution in [3.63, 3.8) is 0 Å². The van der Waals surface area contributed by atoms with E-state index >= 15 is 0 Å². The second-order valence-corrected chi connectivity index (χ2v) is 3.75. The molecule has 0 aromatic carbocycles. The number of hydrogen-bond donors (Lipinski definition) is 3. The van der Waals surface area contributed by atoms with Crippen LogP contribution in [0.25, 0.3) is 0 Å². The molecule has 0 saturated heterocycles. The maximum Gasteiger partial charge on any atom is 0.0583 e. The lowest BCUT2D eigenvalue weighted by atomic mass is 10.2. The van der Waals surface area contributed by atoms with Crippen molar-refractivity contribution in [2.75, 3.05) is 19.6 Å². The number of rotatable bonds is 10. The molecule has 0 aromatic heterocycles. The van der Waals surface area contributed by atoms with E-state index in [1.54, 1.807) is 0 Å². The van der Waals surface area contributed by atoms with Crippen molar-refractivity contribution in [2.45, 2.75) is 52.1 Å². The van der Waals surface area contributed by atoms with Crippen LogP contribution < -0.4 is 16.4 Å². The molecule has 0 aliphatic rings. The molecule has 0 rings (SSSR count). The molecule has 3 heteroatoms. The van der Waals surface area contributed by atoms with Gasteiger partial charge in [0.15, 0.2) is 0 Å². The summed E-state index contributed by atoms with van der Waals surface area (Å²) in [6.07, 6.45) is 6.42. The molecule has 0 spiro atoms. The lowest BCUT2D eigenvalue weighted by molar-refractivity contribution is 0.398. The molecule has 0 bridgehead atoms. The average molecular weight is 201 g/mol. The zero-order chi connectivity index (χ0) is 10.6. The van der Waals surface area contributed by atoms with E-state index in [4.69, 9.17) is 5.73 Å². The lowest BCUT2D eigenvalue weighted by Crippen LogP contribution is -2.44. The van der Waals surface area contributed by atoms with Crippen molar-refractivity contribution in [1.29, 1.82) is 0 Å². The van der Waals surface area contributed by atoms with Crippen LogP contribution in [0.15, 0.2) is 0 Å². The van der Waals surface area contributed by atoms with Crippen molar-refractivity contribution >= 4 is 0 Å². The summed E-state index contributed by atoms with van der Waals surface area (Å²) in [5.41, 5.74) is 5.56. The van der Waals surface area contributed by atoms with Crippen molar-refractivity contribution in [3.8, 4) is 0 Å². The van der Waals surface area contributed by atoms with E-state index in [-0.39, 0.29) is 0 Å². The van der Waals surface area contributed by atoms with Crippen molar-refractivity contribution in [1.82, 2.24) is 10.6 Å². The molecule has 0 amide bonds. The van der Waals surface area contributed by atoms with Gasteiger partial charge in [0.05, 0.1) is 6.17 Å². The fourth-order valence-electron chi connectivity index (χ4n) is 1.35. The highest BCUT2D eigenvalue weighted by molar-refractivity contribution is 4.64. The molecular weight excluding hydrogens is 174 g/mol. The quantitative estimate of drug-likeness (QED) is 0.370. The second-order valence-electron chi connectivity index (χ2n) is 3.75. The Morgan fingerprint density at radius 1 is 1.00 bits per heavy atom. The van der Waals surface area contributed by atoms with Crippen LogP contribution in [-0.4, -0.2) is 25.8 Å². The Hall–Kier alpha value is -0.120. The Kier molecular flexibility index (Phi) is 10.9. The van der Waals surface area contributed by atoms with Crippen LogP contribution in [0.4, 0.5) is 0 Å². The first kappa shape index (κ1) is 13.9. The first-order chi connectivity index (χ1) is 6.85. The van der Waals surface area contributed by atoms with Gasteiger partial charge < -0.3 is 16.4 Å². The summed E-state index contributed by atoms with van der Waals surface area (Å²) in [6, 6.07) is 0. The number of unbranched alkanes of at least 4 members (excludes halogenated alkanes) is 2. The third kappa shape index (κ3) is 8.48. The van der Waals surface area contributed by atoms with Gasteiger partial charge >= 0.3 is 0 Å². The summed E-state index contributed by atoms with van der Waals surface area (Å²) in [7, 11) is 0. The summed E-state index contributed by atoms with van der Waals surface area (Å²) < 4.78 is 0. The zero-order valence-electron chi connectivity index (χ0n) is 9.81. The van der Waals surface area contributed by atoms with Crippen LogP contribution in [0.1, 0.15) is 46.0 Å². The minimum Gasteiger partial charge on any atom is -0.330 e. The highest BCUT2D eigenvalue weighted by atomic mass is 15.1. The van der Waals surface area contributed by atoms with Crippen molar-refractivity contribution in [3.05, 3.63) is 0 Å². The molecule has 0 aliphatic heterocycles. The predicted octanol–water partition coefficient (Wildman–Crippen LogP) is 1.44. The molecule has 3 nitrogen and oxygen atoms in total. The maximum atomic E-state index is 5.56. The first-order valence-corrected chi connectivity index (χ1v) is 6.02. The molecule has 0 fully saturated rings. The fraction of sp³-hybridized carbons (Fsp3) is 1.00. The Bertz CT molecular complexity index is 96.7. The van der Waals surface area contributed by atoms with Crippen LogP contribution in [0.3, 0.4) is 0 Å². The lowest BCUT2D eigenvalue weighted by Gasteiger charge is -2.19. The van der Waals surface area contributed by atoms with Gasteiger partial charge in [0, 0.05) is 0 Å². The topological polar surface area (TPSA) is 50.1 Å². The first-order valence-electron chi connectivity index (χ1n) is 6.02. The van der Waals surface area contributed by atoms with Gasteiger partial charge in [0.1, 0.15) is 0 Å². The summed E-state index contributed by atoms with van der Waals surface area (Å²) >= 11 is 0. The minimum absolute atomic E-state index is 0.415. The van der Waals surface area contributed by atoms with E-state index < -0.39 is 0 Å². The summed E-state index contributed by atoms with van der Waals surface area (Å²) in [5.74, 6) is 0. The third-order valence-corrected chi connectivity index (χ3v) is 2.30. The fourth-order valence-corrected chi connectivity index (χ4v) is 1.35. The zero-order valence-corrected chi connectivity index (χ0v) is 9.81. The van der Waals surface area contributed by atoms with Crippen molar-refractivity contribution < 1.29 is 0 Å². The highest BCUT2D eigenvalue weighted by Crippen LogP contribution is 1.90. The minimum atomic E-state index is 0.415. The number of nitrogens with two attached hydrogens (primary N) is 1. The molecule has 4 N–H and O–H groups in total. The monoisotopic (exact) mass is 201 g/mol. The maximum absolute atomic E-state index is 5.56. The van der Waals surface area contributed by atoms with Gasteiger partial charge in [0.25, 0.3) is 0 Å². The standard InChI is InChI=1S/C11H27N3/c1-3-5-9-13-11(7-8-12)14-10-6-4-2/h11,13-14H,3-10,12H2,1-2H3. The van der Waals surface area contributed by atoms with Gasteiger partial charge in [-0.3, -0.25) is 0 Å². The normalized spacial score (nSPS) is 11.1. The van der Waals surface area contributed by atoms with Gasteiger partial charge in [-0.05, 0) is 38.9 Å². The molecule has 0 aromatic rings. The average Bonchev–Trinajstić information content (AvgIpc) is 2.18. The Morgan fingerprint density at radius 2 is 1.50 bits per heavy atom. The van der Waals surface area contributed by atoms with E-state index in [1.165, 1.54) is 25.7 Å². The van der Waals surface area contributed by atoms with Gasteiger partial charge in [-0.2, -0.15) is 0 Å². The molecule has 0 heterocycles. The highest BCUT2D eigenvalue weighted by Gasteiger charge is 2.03. The Balaban J connectivity index is 3.44. The van der Waals surface area contributed by atoms with E-state index in [1.807, 2.05) is 0 Å². The summed E-state index contributed by atoms with van der Waals surface area (Å²) in [6.45, 7) is 7.37. The van der Waals surface area contributed by atoms with Gasteiger partial charge in [-0.15, -0.1) is 0 Å². The summed E-state index contributed by atoms with van der Waals surface area (Å²) in [4.78, 5) is 0. The van der Waals surface area contributed by atoms with Gasteiger partial charge in [-0.25, -0.2) is 0 Å². The number of hydrogen-bond acceptors (Lipinski definition) is 3. The third-order valence-electron chi connectivity index (χ3n) is 2.30. The van der Waals surface area contributed by atoms with Gasteiger partial charge in [-0.1, -0.05) is 26.7 Å². The van der Waals surface area contributed by atoms with Crippen LogP contribution >= 0.6 is 0 Å². The van der Waals surface area contributed by atoms with Crippen LogP contribution in [-0.2, 0) is 0 Å². The smallest absolute Gasteiger partial charge is 0.0583 e. The molecule has 0 unspecified atom stereocenters. The van der Waals surface area contributed by atoms with Gasteiger partial charge in [0.2, 0.25) is 0 Å². The molecule has 86 valence electrons. The van der Waals surface area contributed by atoms with E-state index in [9.17, 15) is 0 Å². The Labute approximate surface area is 88.8 Å².